The molecule has 0 atom stereocenters. The zero-order valence-electron chi connectivity index (χ0n) is 15.6. The van der Waals surface area contributed by atoms with E-state index in [1.807, 2.05) is 31.2 Å². The first-order valence-corrected chi connectivity index (χ1v) is 9.51. The average molecular weight is 389 g/mol. The predicted molar refractivity (Wildman–Crippen MR) is 105 cm³/mol. The number of carbonyl (C=O) groups excluding carboxylic acids is 2. The van der Waals surface area contributed by atoms with Crippen LogP contribution in [0.3, 0.4) is 0 Å². The number of thiophene rings is 1. The van der Waals surface area contributed by atoms with Crippen LogP contribution in [0, 0.1) is 6.92 Å². The smallest absolute Gasteiger partial charge is 0.341 e. The molecule has 1 amide bonds. The summed E-state index contributed by atoms with van der Waals surface area (Å²) in [6.07, 6.45) is 1.16. The van der Waals surface area contributed by atoms with E-state index in [-0.39, 0.29) is 25.2 Å². The Morgan fingerprint density at radius 2 is 1.81 bits per heavy atom. The fourth-order valence-electron chi connectivity index (χ4n) is 2.77. The van der Waals surface area contributed by atoms with E-state index < -0.39 is 11.9 Å². The first kappa shape index (κ1) is 20.6. The van der Waals surface area contributed by atoms with E-state index in [1.165, 1.54) is 24.0 Å². The lowest BCUT2D eigenvalue weighted by Gasteiger charge is -2.08. The van der Waals surface area contributed by atoms with Crippen LogP contribution in [0.2, 0.25) is 0 Å². The van der Waals surface area contributed by atoms with Crippen molar-refractivity contribution in [3.8, 4) is 11.1 Å². The minimum Gasteiger partial charge on any atom is -0.481 e. The molecule has 0 saturated carbocycles. The number of carboxylic acids is 1. The minimum atomic E-state index is -0.942. The maximum absolute atomic E-state index is 12.4. The molecule has 0 aliphatic heterocycles. The van der Waals surface area contributed by atoms with Gasteiger partial charge in [-0.05, 0) is 30.9 Å². The van der Waals surface area contributed by atoms with Crippen LogP contribution >= 0.6 is 11.3 Å². The van der Waals surface area contributed by atoms with Crippen molar-refractivity contribution in [3.63, 3.8) is 0 Å². The Labute approximate surface area is 162 Å². The standard InChI is InChI=1S/C20H23NO5S/c1-4-13-8-10-14(11-9-13)17-12(2)27-19(18(17)20(25)26-3)21-15(22)6-5-7-16(23)24/h8-11H,4-7H2,1-3H3,(H,21,22)(H,23,24). The molecular weight excluding hydrogens is 366 g/mol. The summed E-state index contributed by atoms with van der Waals surface area (Å²) in [5.74, 6) is -1.78. The predicted octanol–water partition coefficient (Wildman–Crippen LogP) is 4.27. The lowest BCUT2D eigenvalue weighted by molar-refractivity contribution is -0.137. The van der Waals surface area contributed by atoms with Crippen molar-refractivity contribution in [1.82, 2.24) is 0 Å². The normalized spacial score (nSPS) is 10.5. The summed E-state index contributed by atoms with van der Waals surface area (Å²) < 4.78 is 4.93. The van der Waals surface area contributed by atoms with Gasteiger partial charge in [-0.25, -0.2) is 4.79 Å². The van der Waals surface area contributed by atoms with Gasteiger partial charge in [0, 0.05) is 23.3 Å². The Morgan fingerprint density at radius 1 is 1.15 bits per heavy atom. The SMILES string of the molecule is CCc1ccc(-c2c(C)sc(NC(=O)CCCC(=O)O)c2C(=O)OC)cc1. The maximum Gasteiger partial charge on any atom is 0.341 e. The van der Waals surface area contributed by atoms with Crippen molar-refractivity contribution in [2.75, 3.05) is 12.4 Å². The molecule has 0 aliphatic rings. The third-order valence-electron chi connectivity index (χ3n) is 4.17. The van der Waals surface area contributed by atoms with Crippen LogP contribution in [0.1, 0.15) is 47.0 Å². The molecule has 0 radical (unpaired) electrons. The van der Waals surface area contributed by atoms with Crippen LogP contribution in [0.4, 0.5) is 5.00 Å². The number of methoxy groups -OCH3 is 1. The van der Waals surface area contributed by atoms with Crippen LogP contribution < -0.4 is 5.32 Å². The van der Waals surface area contributed by atoms with E-state index in [1.54, 1.807) is 0 Å². The van der Waals surface area contributed by atoms with E-state index in [9.17, 15) is 14.4 Å². The summed E-state index contributed by atoms with van der Waals surface area (Å²) in [7, 11) is 1.30. The third-order valence-corrected chi connectivity index (χ3v) is 5.19. The maximum atomic E-state index is 12.4. The number of carboxylic acid groups (broad SMARTS) is 1. The molecule has 1 aromatic heterocycles. The van der Waals surface area contributed by atoms with Gasteiger partial charge in [0.1, 0.15) is 10.6 Å². The molecule has 1 aromatic carbocycles. The Kier molecular flexibility index (Phi) is 7.12. The number of carbonyl (C=O) groups is 3. The average Bonchev–Trinajstić information content (AvgIpc) is 2.96. The molecule has 7 heteroatoms. The highest BCUT2D eigenvalue weighted by Gasteiger charge is 2.25. The van der Waals surface area contributed by atoms with Gasteiger partial charge in [0.05, 0.1) is 7.11 Å². The summed E-state index contributed by atoms with van der Waals surface area (Å²) in [5, 5.41) is 11.8. The third kappa shape index (κ3) is 5.17. The number of benzene rings is 1. The van der Waals surface area contributed by atoms with Crippen molar-refractivity contribution in [1.29, 1.82) is 0 Å². The van der Waals surface area contributed by atoms with Crippen molar-refractivity contribution in [3.05, 3.63) is 40.3 Å². The Bertz CT molecular complexity index is 839. The number of aliphatic carboxylic acids is 1. The quantitative estimate of drug-likeness (QED) is 0.658. The van der Waals surface area contributed by atoms with Gasteiger partial charge in [-0.15, -0.1) is 11.3 Å². The molecule has 2 N–H and O–H groups in total. The molecular formula is C20H23NO5S. The molecule has 0 saturated heterocycles. The molecule has 0 unspecified atom stereocenters. The second kappa shape index (κ2) is 9.32. The highest BCUT2D eigenvalue weighted by molar-refractivity contribution is 7.17. The van der Waals surface area contributed by atoms with Crippen molar-refractivity contribution >= 4 is 34.2 Å². The van der Waals surface area contributed by atoms with Gasteiger partial charge < -0.3 is 15.2 Å². The van der Waals surface area contributed by atoms with Gasteiger partial charge in [0.15, 0.2) is 0 Å². The number of ether oxygens (including phenoxy) is 1. The number of hydrogen-bond donors (Lipinski definition) is 2. The Hall–Kier alpha value is -2.67. The minimum absolute atomic E-state index is 0.0736. The molecule has 27 heavy (non-hydrogen) atoms. The van der Waals surface area contributed by atoms with Crippen LogP contribution in [0.15, 0.2) is 24.3 Å². The van der Waals surface area contributed by atoms with Gasteiger partial charge in [0.25, 0.3) is 0 Å². The number of nitrogens with one attached hydrogen (secondary N) is 1. The summed E-state index contributed by atoms with van der Waals surface area (Å²) in [4.78, 5) is 36.0. The van der Waals surface area contributed by atoms with E-state index in [4.69, 9.17) is 9.84 Å². The van der Waals surface area contributed by atoms with Gasteiger partial charge in [-0.2, -0.15) is 0 Å². The number of rotatable bonds is 8. The first-order valence-electron chi connectivity index (χ1n) is 8.70. The Balaban J connectivity index is 2.34. The highest BCUT2D eigenvalue weighted by atomic mass is 32.1. The molecule has 2 rings (SSSR count). The zero-order valence-corrected chi connectivity index (χ0v) is 16.4. The van der Waals surface area contributed by atoms with Gasteiger partial charge in [-0.3, -0.25) is 9.59 Å². The Morgan fingerprint density at radius 3 is 2.37 bits per heavy atom. The number of esters is 1. The highest BCUT2D eigenvalue weighted by Crippen LogP contribution is 2.40. The molecule has 0 bridgehead atoms. The second-order valence-corrected chi connectivity index (χ2v) is 7.30. The molecule has 1 heterocycles. The van der Waals surface area contributed by atoms with Gasteiger partial charge >= 0.3 is 11.9 Å². The first-order chi connectivity index (χ1) is 12.9. The van der Waals surface area contributed by atoms with Crippen molar-refractivity contribution in [2.45, 2.75) is 39.5 Å². The largest absolute Gasteiger partial charge is 0.481 e. The second-order valence-electron chi connectivity index (χ2n) is 6.07. The van der Waals surface area contributed by atoms with Crippen molar-refractivity contribution in [2.24, 2.45) is 0 Å². The lowest BCUT2D eigenvalue weighted by Crippen LogP contribution is -2.14. The van der Waals surface area contributed by atoms with Gasteiger partial charge in [-0.1, -0.05) is 31.2 Å². The van der Waals surface area contributed by atoms with Crippen molar-refractivity contribution < 1.29 is 24.2 Å². The summed E-state index contributed by atoms with van der Waals surface area (Å²) in [6.45, 7) is 3.96. The molecule has 0 spiro atoms. The fraction of sp³-hybridized carbons (Fsp3) is 0.350. The number of hydrogen-bond acceptors (Lipinski definition) is 5. The molecule has 6 nitrogen and oxygen atoms in total. The summed E-state index contributed by atoms with van der Waals surface area (Å²) >= 11 is 1.31. The van der Waals surface area contributed by atoms with E-state index >= 15 is 0 Å². The van der Waals surface area contributed by atoms with E-state index in [0.717, 1.165) is 22.4 Å². The zero-order chi connectivity index (χ0) is 20.0. The molecule has 0 fully saturated rings. The number of anilines is 1. The van der Waals surface area contributed by atoms with E-state index in [0.29, 0.717) is 10.6 Å². The fourth-order valence-corrected chi connectivity index (χ4v) is 3.85. The monoisotopic (exact) mass is 389 g/mol. The summed E-state index contributed by atoms with van der Waals surface area (Å²) in [6, 6.07) is 7.94. The van der Waals surface area contributed by atoms with E-state index in [2.05, 4.69) is 12.2 Å². The lowest BCUT2D eigenvalue weighted by atomic mass is 9.99. The number of amides is 1. The van der Waals surface area contributed by atoms with Crippen LogP contribution in [0.25, 0.3) is 11.1 Å². The summed E-state index contributed by atoms with van der Waals surface area (Å²) in [5.41, 5.74) is 3.15. The molecule has 144 valence electrons. The molecule has 0 aliphatic carbocycles. The van der Waals surface area contributed by atoms with Crippen LogP contribution in [-0.4, -0.2) is 30.1 Å². The van der Waals surface area contributed by atoms with Crippen LogP contribution in [0.5, 0.6) is 0 Å². The molecule has 2 aromatic rings. The number of aryl methyl sites for hydroxylation is 2. The van der Waals surface area contributed by atoms with Gasteiger partial charge in [0.2, 0.25) is 5.91 Å². The topological polar surface area (TPSA) is 92.7 Å². The van der Waals surface area contributed by atoms with Crippen LogP contribution in [-0.2, 0) is 20.7 Å².